The monoisotopic (exact) mass is 330 g/mol. The second-order valence-electron chi connectivity index (χ2n) is 6.42. The molecule has 3 aromatic rings. The lowest BCUT2D eigenvalue weighted by atomic mass is 10.1. The van der Waals surface area contributed by atoms with Crippen LogP contribution in [0.25, 0.3) is 11.3 Å². The number of aryl methyl sites for hydroxylation is 1. The third-order valence-corrected chi connectivity index (χ3v) is 4.73. The maximum absolute atomic E-state index is 4.68. The Morgan fingerprint density at radius 2 is 1.56 bits per heavy atom. The average molecular weight is 330 g/mol. The van der Waals surface area contributed by atoms with Gasteiger partial charge in [0.2, 0.25) is 0 Å². The topological polar surface area (TPSA) is 32.3 Å². The van der Waals surface area contributed by atoms with Crippen molar-refractivity contribution in [2.75, 3.05) is 36.0 Å². The third kappa shape index (κ3) is 3.33. The van der Waals surface area contributed by atoms with Gasteiger partial charge in [0.15, 0.2) is 0 Å². The fourth-order valence-electron chi connectivity index (χ4n) is 3.43. The van der Waals surface area contributed by atoms with Gasteiger partial charge in [-0.2, -0.15) is 0 Å². The molecule has 1 fully saturated rings. The quantitative estimate of drug-likeness (QED) is 0.731. The summed E-state index contributed by atoms with van der Waals surface area (Å²) in [5, 5.41) is 0. The molecule has 0 spiro atoms. The zero-order valence-corrected chi connectivity index (χ0v) is 14.5. The lowest BCUT2D eigenvalue weighted by molar-refractivity contribution is 0.653. The molecule has 0 atom stereocenters. The Bertz CT molecular complexity index is 839. The minimum Gasteiger partial charge on any atom is -0.368 e. The number of benzene rings is 1. The van der Waals surface area contributed by atoms with Gasteiger partial charge in [-0.3, -0.25) is 9.97 Å². The van der Waals surface area contributed by atoms with Crippen LogP contribution in [0.4, 0.5) is 11.4 Å². The number of pyridine rings is 2. The highest BCUT2D eigenvalue weighted by Gasteiger charge is 2.20. The molecule has 1 aliphatic rings. The molecule has 3 heterocycles. The molecule has 2 aromatic heterocycles. The molecule has 0 N–H and O–H groups in total. The second-order valence-corrected chi connectivity index (χ2v) is 6.42. The number of hydrogen-bond acceptors (Lipinski definition) is 4. The zero-order chi connectivity index (χ0) is 17.1. The van der Waals surface area contributed by atoms with E-state index in [0.717, 1.165) is 31.9 Å². The van der Waals surface area contributed by atoms with E-state index >= 15 is 0 Å². The highest BCUT2D eigenvalue weighted by Crippen LogP contribution is 2.30. The van der Waals surface area contributed by atoms with Gasteiger partial charge in [-0.25, -0.2) is 0 Å². The van der Waals surface area contributed by atoms with Crippen LogP contribution in [0.1, 0.15) is 5.56 Å². The third-order valence-electron chi connectivity index (χ3n) is 4.73. The first-order chi connectivity index (χ1) is 12.3. The van der Waals surface area contributed by atoms with E-state index in [4.69, 9.17) is 0 Å². The van der Waals surface area contributed by atoms with Gasteiger partial charge in [-0.05, 0) is 37.3 Å². The van der Waals surface area contributed by atoms with Crippen molar-refractivity contribution in [2.24, 2.45) is 0 Å². The number of rotatable bonds is 3. The van der Waals surface area contributed by atoms with Crippen molar-refractivity contribution < 1.29 is 0 Å². The fraction of sp³-hybridized carbons (Fsp3) is 0.238. The van der Waals surface area contributed by atoms with Gasteiger partial charge in [-0.15, -0.1) is 0 Å². The molecule has 0 bridgehead atoms. The van der Waals surface area contributed by atoms with Crippen molar-refractivity contribution >= 4 is 11.4 Å². The first-order valence-corrected chi connectivity index (χ1v) is 8.73. The van der Waals surface area contributed by atoms with E-state index in [-0.39, 0.29) is 0 Å². The zero-order valence-electron chi connectivity index (χ0n) is 14.5. The molecular formula is C21H22N4. The van der Waals surface area contributed by atoms with E-state index in [1.807, 2.05) is 24.7 Å². The summed E-state index contributed by atoms with van der Waals surface area (Å²) in [6, 6.07) is 17.0. The van der Waals surface area contributed by atoms with E-state index in [1.165, 1.54) is 22.5 Å². The molecule has 0 radical (unpaired) electrons. The Balaban J connectivity index is 1.56. The number of nitrogens with zero attached hydrogens (tertiary/aromatic N) is 4. The van der Waals surface area contributed by atoms with Crippen LogP contribution in [-0.4, -0.2) is 36.1 Å². The predicted molar refractivity (Wildman–Crippen MR) is 103 cm³/mol. The van der Waals surface area contributed by atoms with Crippen LogP contribution < -0.4 is 9.80 Å². The summed E-state index contributed by atoms with van der Waals surface area (Å²) in [5.74, 6) is 0. The van der Waals surface area contributed by atoms with Crippen LogP contribution >= 0.6 is 0 Å². The standard InChI is InChI=1S/C21H22N4/c1-17-4-2-5-18(16-17)21-20(6-3-9-23-21)25-14-12-24(13-15-25)19-7-10-22-11-8-19/h2-11,16H,12-15H2,1H3. The summed E-state index contributed by atoms with van der Waals surface area (Å²) in [5.41, 5.74) is 5.99. The summed E-state index contributed by atoms with van der Waals surface area (Å²) in [6.45, 7) is 6.12. The Labute approximate surface area is 148 Å². The molecule has 4 rings (SSSR count). The molecule has 25 heavy (non-hydrogen) atoms. The Morgan fingerprint density at radius 1 is 0.800 bits per heavy atom. The first-order valence-electron chi connectivity index (χ1n) is 8.73. The van der Waals surface area contributed by atoms with E-state index in [9.17, 15) is 0 Å². The summed E-state index contributed by atoms with van der Waals surface area (Å²) in [6.07, 6.45) is 5.60. The van der Waals surface area contributed by atoms with E-state index in [2.05, 4.69) is 69.2 Å². The maximum atomic E-state index is 4.68. The maximum Gasteiger partial charge on any atom is 0.0935 e. The van der Waals surface area contributed by atoms with Gasteiger partial charge < -0.3 is 9.80 Å². The minimum atomic E-state index is 0.993. The summed E-state index contributed by atoms with van der Waals surface area (Å²) < 4.78 is 0. The van der Waals surface area contributed by atoms with Crippen LogP contribution in [0.2, 0.25) is 0 Å². The van der Waals surface area contributed by atoms with Gasteiger partial charge in [0.1, 0.15) is 0 Å². The highest BCUT2D eigenvalue weighted by molar-refractivity contribution is 5.75. The summed E-state index contributed by atoms with van der Waals surface area (Å²) >= 11 is 0. The second kappa shape index (κ2) is 6.93. The Hall–Kier alpha value is -2.88. The van der Waals surface area contributed by atoms with Crippen molar-refractivity contribution in [1.82, 2.24) is 9.97 Å². The molecule has 1 aliphatic heterocycles. The molecular weight excluding hydrogens is 308 g/mol. The van der Waals surface area contributed by atoms with Crippen LogP contribution in [-0.2, 0) is 0 Å². The minimum absolute atomic E-state index is 0.993. The lowest BCUT2D eigenvalue weighted by Crippen LogP contribution is -2.46. The average Bonchev–Trinajstić information content (AvgIpc) is 2.69. The van der Waals surface area contributed by atoms with Crippen molar-refractivity contribution in [3.63, 3.8) is 0 Å². The Morgan fingerprint density at radius 3 is 2.32 bits per heavy atom. The molecule has 1 saturated heterocycles. The molecule has 0 unspecified atom stereocenters. The Kier molecular flexibility index (Phi) is 4.34. The van der Waals surface area contributed by atoms with Gasteiger partial charge in [0.25, 0.3) is 0 Å². The largest absolute Gasteiger partial charge is 0.368 e. The van der Waals surface area contributed by atoms with Crippen molar-refractivity contribution in [1.29, 1.82) is 0 Å². The molecule has 4 nitrogen and oxygen atoms in total. The number of anilines is 2. The van der Waals surface area contributed by atoms with Crippen LogP contribution in [0.15, 0.2) is 67.1 Å². The van der Waals surface area contributed by atoms with Crippen molar-refractivity contribution in [3.05, 3.63) is 72.7 Å². The molecule has 0 amide bonds. The fourth-order valence-corrected chi connectivity index (χ4v) is 3.43. The van der Waals surface area contributed by atoms with Gasteiger partial charge in [0, 0.05) is 56.0 Å². The van der Waals surface area contributed by atoms with Gasteiger partial charge >= 0.3 is 0 Å². The molecule has 0 aliphatic carbocycles. The van der Waals surface area contributed by atoms with E-state index in [0.29, 0.717) is 0 Å². The van der Waals surface area contributed by atoms with Crippen LogP contribution in [0, 0.1) is 6.92 Å². The van der Waals surface area contributed by atoms with Gasteiger partial charge in [-0.1, -0.05) is 23.8 Å². The smallest absolute Gasteiger partial charge is 0.0935 e. The first kappa shape index (κ1) is 15.6. The number of piperazine rings is 1. The van der Waals surface area contributed by atoms with Gasteiger partial charge in [0.05, 0.1) is 11.4 Å². The molecule has 0 saturated carbocycles. The molecule has 1 aromatic carbocycles. The normalized spacial score (nSPS) is 14.6. The lowest BCUT2D eigenvalue weighted by Gasteiger charge is -2.37. The number of aromatic nitrogens is 2. The summed E-state index contributed by atoms with van der Waals surface area (Å²) in [4.78, 5) is 13.7. The predicted octanol–water partition coefficient (Wildman–Crippen LogP) is 3.78. The molecule has 4 heteroatoms. The van der Waals surface area contributed by atoms with E-state index in [1.54, 1.807) is 0 Å². The van der Waals surface area contributed by atoms with E-state index < -0.39 is 0 Å². The molecule has 126 valence electrons. The SMILES string of the molecule is Cc1cccc(-c2ncccc2N2CCN(c3ccncc3)CC2)c1. The summed E-state index contributed by atoms with van der Waals surface area (Å²) in [7, 11) is 0. The van der Waals surface area contributed by atoms with Crippen LogP contribution in [0.5, 0.6) is 0 Å². The van der Waals surface area contributed by atoms with Crippen LogP contribution in [0.3, 0.4) is 0 Å². The highest BCUT2D eigenvalue weighted by atomic mass is 15.3. The van der Waals surface area contributed by atoms with Crippen molar-refractivity contribution in [3.8, 4) is 11.3 Å². The number of hydrogen-bond donors (Lipinski definition) is 0. The van der Waals surface area contributed by atoms with Crippen molar-refractivity contribution in [2.45, 2.75) is 6.92 Å².